The van der Waals surface area contributed by atoms with E-state index in [4.69, 9.17) is 27.6 Å². The molecule has 0 fully saturated rings. The first kappa shape index (κ1) is 14.4. The molecular formula is C16H12Cl2FNO. The lowest BCUT2D eigenvalue weighted by molar-refractivity contribution is 0.491. The van der Waals surface area contributed by atoms with Gasteiger partial charge in [-0.25, -0.2) is 4.39 Å². The fraction of sp³-hybridized carbons (Fsp3) is 0.125. The number of fused-ring (bicyclic) bond motifs is 1. The summed E-state index contributed by atoms with van der Waals surface area (Å²) in [5.74, 6) is 0.332. The fourth-order valence-corrected chi connectivity index (χ4v) is 2.82. The van der Waals surface area contributed by atoms with Crippen molar-refractivity contribution in [3.8, 4) is 0 Å². The lowest BCUT2D eigenvalue weighted by Gasteiger charge is -2.15. The third kappa shape index (κ3) is 2.77. The first-order valence-corrected chi connectivity index (χ1v) is 7.15. The Morgan fingerprint density at radius 1 is 1.10 bits per heavy atom. The molecule has 3 rings (SSSR count). The summed E-state index contributed by atoms with van der Waals surface area (Å²) in [6.07, 6.45) is 0. The number of furan rings is 1. The van der Waals surface area contributed by atoms with Crippen LogP contribution in [-0.4, -0.2) is 7.05 Å². The van der Waals surface area contributed by atoms with Gasteiger partial charge in [-0.05, 0) is 49.0 Å². The van der Waals surface area contributed by atoms with Gasteiger partial charge in [-0.2, -0.15) is 0 Å². The van der Waals surface area contributed by atoms with Crippen LogP contribution in [0.25, 0.3) is 11.0 Å². The van der Waals surface area contributed by atoms with E-state index in [0.29, 0.717) is 15.8 Å². The summed E-state index contributed by atoms with van der Waals surface area (Å²) < 4.78 is 19.0. The highest BCUT2D eigenvalue weighted by molar-refractivity contribution is 6.31. The summed E-state index contributed by atoms with van der Waals surface area (Å²) in [5.41, 5.74) is 1.50. The number of nitrogens with one attached hydrogen (secondary N) is 1. The summed E-state index contributed by atoms with van der Waals surface area (Å²) in [7, 11) is 1.80. The largest absolute Gasteiger partial charge is 0.459 e. The molecule has 21 heavy (non-hydrogen) atoms. The topological polar surface area (TPSA) is 25.2 Å². The number of rotatable bonds is 3. The Balaban J connectivity index is 2.09. The van der Waals surface area contributed by atoms with Crippen LogP contribution in [-0.2, 0) is 0 Å². The molecule has 0 aliphatic carbocycles. The van der Waals surface area contributed by atoms with E-state index < -0.39 is 0 Å². The van der Waals surface area contributed by atoms with Crippen LogP contribution in [0.5, 0.6) is 0 Å². The molecule has 2 nitrogen and oxygen atoms in total. The first-order chi connectivity index (χ1) is 10.1. The van der Waals surface area contributed by atoms with Gasteiger partial charge in [-0.15, -0.1) is 0 Å². The molecule has 0 spiro atoms. The van der Waals surface area contributed by atoms with E-state index in [1.54, 1.807) is 19.2 Å². The van der Waals surface area contributed by atoms with Crippen molar-refractivity contribution in [2.75, 3.05) is 7.05 Å². The smallest absolute Gasteiger partial charge is 0.134 e. The van der Waals surface area contributed by atoms with Gasteiger partial charge in [0.25, 0.3) is 0 Å². The van der Waals surface area contributed by atoms with Gasteiger partial charge in [0.2, 0.25) is 0 Å². The minimum atomic E-state index is -0.366. The normalized spacial score (nSPS) is 12.8. The van der Waals surface area contributed by atoms with E-state index in [9.17, 15) is 4.39 Å². The highest BCUT2D eigenvalue weighted by Crippen LogP contribution is 2.32. The van der Waals surface area contributed by atoms with Gasteiger partial charge in [-0.3, -0.25) is 0 Å². The van der Waals surface area contributed by atoms with Gasteiger partial charge in [0.1, 0.15) is 17.2 Å². The number of benzene rings is 2. The Bertz CT molecular complexity index is 800. The van der Waals surface area contributed by atoms with E-state index in [1.165, 1.54) is 12.1 Å². The molecule has 1 aromatic heterocycles. The van der Waals surface area contributed by atoms with Crippen LogP contribution in [0.15, 0.2) is 46.9 Å². The maximum Gasteiger partial charge on any atom is 0.134 e. The van der Waals surface area contributed by atoms with Crippen molar-refractivity contribution in [3.63, 3.8) is 0 Å². The molecule has 0 saturated heterocycles. The van der Waals surface area contributed by atoms with Gasteiger partial charge in [0, 0.05) is 15.4 Å². The van der Waals surface area contributed by atoms with Gasteiger partial charge in [0.15, 0.2) is 0 Å². The maximum atomic E-state index is 13.2. The molecule has 0 aliphatic rings. The second-order valence-corrected chi connectivity index (χ2v) is 5.56. The minimum absolute atomic E-state index is 0.260. The molecule has 1 heterocycles. The van der Waals surface area contributed by atoms with Gasteiger partial charge < -0.3 is 9.73 Å². The Hall–Kier alpha value is -1.55. The SMILES string of the molecule is CNC(c1cc2cc(Cl)ccc2o1)c1ccc(F)cc1Cl. The Labute approximate surface area is 131 Å². The Morgan fingerprint density at radius 2 is 1.90 bits per heavy atom. The van der Waals surface area contributed by atoms with E-state index in [1.807, 2.05) is 18.2 Å². The molecule has 3 aromatic rings. The molecule has 108 valence electrons. The lowest BCUT2D eigenvalue weighted by Crippen LogP contribution is -2.17. The molecule has 1 unspecified atom stereocenters. The molecule has 0 aliphatic heterocycles. The monoisotopic (exact) mass is 323 g/mol. The van der Waals surface area contributed by atoms with Crippen LogP contribution in [0, 0.1) is 5.82 Å². The zero-order valence-corrected chi connectivity index (χ0v) is 12.7. The Morgan fingerprint density at radius 3 is 2.62 bits per heavy atom. The van der Waals surface area contributed by atoms with Crippen LogP contribution >= 0.6 is 23.2 Å². The van der Waals surface area contributed by atoms with Crippen molar-refractivity contribution in [3.05, 3.63) is 69.7 Å². The van der Waals surface area contributed by atoms with Crippen LogP contribution < -0.4 is 5.32 Å². The van der Waals surface area contributed by atoms with Crippen molar-refractivity contribution in [1.29, 1.82) is 0 Å². The van der Waals surface area contributed by atoms with E-state index in [0.717, 1.165) is 16.5 Å². The molecule has 0 saturated carbocycles. The number of hydrogen-bond donors (Lipinski definition) is 1. The second kappa shape index (κ2) is 5.68. The van der Waals surface area contributed by atoms with Crippen molar-refractivity contribution >= 4 is 34.2 Å². The molecule has 0 radical (unpaired) electrons. The predicted molar refractivity (Wildman–Crippen MR) is 83.5 cm³/mol. The summed E-state index contributed by atoms with van der Waals surface area (Å²) >= 11 is 12.1. The second-order valence-electron chi connectivity index (χ2n) is 4.72. The van der Waals surface area contributed by atoms with Crippen molar-refractivity contribution < 1.29 is 8.81 Å². The standard InChI is InChI=1S/C16H12Cl2FNO/c1-20-16(12-4-3-11(19)8-13(12)18)15-7-9-6-10(17)2-5-14(9)21-15/h2-8,16,20H,1H3. The highest BCUT2D eigenvalue weighted by Gasteiger charge is 2.19. The molecule has 5 heteroatoms. The molecule has 0 amide bonds. The van der Waals surface area contributed by atoms with Crippen molar-refractivity contribution in [2.24, 2.45) is 0 Å². The van der Waals surface area contributed by atoms with Crippen LogP contribution in [0.4, 0.5) is 4.39 Å². The summed E-state index contributed by atoms with van der Waals surface area (Å²) in [5, 5.41) is 5.05. The lowest BCUT2D eigenvalue weighted by atomic mass is 10.0. The van der Waals surface area contributed by atoms with Crippen molar-refractivity contribution in [2.45, 2.75) is 6.04 Å². The van der Waals surface area contributed by atoms with Gasteiger partial charge in [-0.1, -0.05) is 29.3 Å². The summed E-state index contributed by atoms with van der Waals surface area (Å²) in [4.78, 5) is 0. The maximum absolute atomic E-state index is 13.2. The van der Waals surface area contributed by atoms with E-state index in [2.05, 4.69) is 5.32 Å². The van der Waals surface area contributed by atoms with E-state index >= 15 is 0 Å². The average Bonchev–Trinajstić information content (AvgIpc) is 2.84. The molecule has 1 atom stereocenters. The first-order valence-electron chi connectivity index (χ1n) is 6.39. The quantitative estimate of drug-likeness (QED) is 0.717. The summed E-state index contributed by atoms with van der Waals surface area (Å²) in [6, 6.07) is 11.4. The molecular weight excluding hydrogens is 312 g/mol. The highest BCUT2D eigenvalue weighted by atomic mass is 35.5. The van der Waals surface area contributed by atoms with Gasteiger partial charge in [0.05, 0.1) is 6.04 Å². The third-order valence-corrected chi connectivity index (χ3v) is 3.91. The number of halogens is 3. The van der Waals surface area contributed by atoms with Crippen LogP contribution in [0.2, 0.25) is 10.0 Å². The zero-order chi connectivity index (χ0) is 15.0. The third-order valence-electron chi connectivity index (χ3n) is 3.34. The molecule has 2 aromatic carbocycles. The summed E-state index contributed by atoms with van der Waals surface area (Å²) in [6.45, 7) is 0. The van der Waals surface area contributed by atoms with Crippen LogP contribution in [0.1, 0.15) is 17.4 Å². The number of hydrogen-bond acceptors (Lipinski definition) is 2. The van der Waals surface area contributed by atoms with E-state index in [-0.39, 0.29) is 11.9 Å². The fourth-order valence-electron chi connectivity index (χ4n) is 2.36. The average molecular weight is 324 g/mol. The minimum Gasteiger partial charge on any atom is -0.459 e. The predicted octanol–water partition coefficient (Wildman–Crippen LogP) is 5.19. The van der Waals surface area contributed by atoms with Crippen LogP contribution in [0.3, 0.4) is 0 Å². The van der Waals surface area contributed by atoms with Crippen molar-refractivity contribution in [1.82, 2.24) is 5.32 Å². The zero-order valence-electron chi connectivity index (χ0n) is 11.2. The molecule has 0 bridgehead atoms. The van der Waals surface area contributed by atoms with Gasteiger partial charge >= 0.3 is 0 Å². The Kier molecular flexibility index (Phi) is 3.89. The molecule has 1 N–H and O–H groups in total.